The molecule has 0 aliphatic carbocycles. The summed E-state index contributed by atoms with van der Waals surface area (Å²) in [6.07, 6.45) is 7.99. The Morgan fingerprint density at radius 2 is 1.58 bits per heavy atom. The molecule has 1 aromatic carbocycles. The van der Waals surface area contributed by atoms with E-state index in [-0.39, 0.29) is 12.4 Å². The Labute approximate surface area is 164 Å². The fourth-order valence-corrected chi connectivity index (χ4v) is 2.55. The maximum atomic E-state index is 11.8. The number of nitrogens with two attached hydrogens (primary N) is 1. The minimum absolute atomic E-state index is 0. The molecule has 5 nitrogen and oxygen atoms in total. The summed E-state index contributed by atoms with van der Waals surface area (Å²) in [5.74, 6) is -0.119. The summed E-state index contributed by atoms with van der Waals surface area (Å²) in [5.41, 5.74) is 6.38. The van der Waals surface area contributed by atoms with Crippen LogP contribution in [0, 0.1) is 0 Å². The number of amidine groups is 1. The van der Waals surface area contributed by atoms with Crippen LogP contribution in [0.4, 0.5) is 0 Å². The fourth-order valence-electron chi connectivity index (χ4n) is 2.55. The van der Waals surface area contributed by atoms with Crippen molar-refractivity contribution < 1.29 is 9.63 Å². The average molecular weight is 384 g/mol. The van der Waals surface area contributed by atoms with E-state index in [4.69, 9.17) is 10.6 Å². The summed E-state index contributed by atoms with van der Waals surface area (Å²) in [4.78, 5) is 19.2. The SMILES string of the molecule is CCCCCN(CCCCC)CC/C(N)=N\OC(=O)c1ccccc1.Cl. The highest BCUT2D eigenvalue weighted by Gasteiger charge is 2.08. The van der Waals surface area contributed by atoms with Gasteiger partial charge >= 0.3 is 5.97 Å². The van der Waals surface area contributed by atoms with Crippen molar-refractivity contribution in [2.45, 2.75) is 58.8 Å². The number of carbonyl (C=O) groups excluding carboxylic acids is 1. The second-order valence-electron chi connectivity index (χ2n) is 6.33. The van der Waals surface area contributed by atoms with Gasteiger partial charge in [-0.25, -0.2) is 4.79 Å². The van der Waals surface area contributed by atoms with Gasteiger partial charge in [-0.05, 0) is 38.1 Å². The van der Waals surface area contributed by atoms with Crippen molar-refractivity contribution in [3.05, 3.63) is 35.9 Å². The number of benzene rings is 1. The number of carbonyl (C=O) groups is 1. The third-order valence-corrected chi connectivity index (χ3v) is 4.10. The van der Waals surface area contributed by atoms with E-state index in [9.17, 15) is 4.79 Å². The second-order valence-corrected chi connectivity index (χ2v) is 6.33. The van der Waals surface area contributed by atoms with Crippen LogP contribution in [0.1, 0.15) is 69.2 Å². The van der Waals surface area contributed by atoms with E-state index in [1.54, 1.807) is 24.3 Å². The van der Waals surface area contributed by atoms with Gasteiger partial charge in [0.1, 0.15) is 5.84 Å². The van der Waals surface area contributed by atoms with Crippen molar-refractivity contribution in [1.29, 1.82) is 0 Å². The van der Waals surface area contributed by atoms with Gasteiger partial charge in [0.2, 0.25) is 0 Å². The Balaban J connectivity index is 0.00000625. The molecule has 0 fully saturated rings. The van der Waals surface area contributed by atoms with Crippen molar-refractivity contribution in [1.82, 2.24) is 4.90 Å². The van der Waals surface area contributed by atoms with Crippen LogP contribution in [0.5, 0.6) is 0 Å². The lowest BCUT2D eigenvalue weighted by Gasteiger charge is -2.21. The minimum atomic E-state index is -0.480. The van der Waals surface area contributed by atoms with Gasteiger partial charge in [0.25, 0.3) is 0 Å². The number of unbranched alkanes of at least 4 members (excludes halogenated alkanes) is 4. The molecular weight excluding hydrogens is 350 g/mol. The lowest BCUT2D eigenvalue weighted by atomic mass is 10.2. The highest BCUT2D eigenvalue weighted by molar-refractivity contribution is 5.90. The first kappa shape index (κ1) is 24.4. The number of oxime groups is 1. The van der Waals surface area contributed by atoms with Gasteiger partial charge in [0, 0.05) is 13.0 Å². The average Bonchev–Trinajstić information content (AvgIpc) is 2.64. The first-order chi connectivity index (χ1) is 12.2. The van der Waals surface area contributed by atoms with Gasteiger partial charge in [-0.1, -0.05) is 62.9 Å². The highest BCUT2D eigenvalue weighted by atomic mass is 35.5. The molecule has 1 rings (SSSR count). The van der Waals surface area contributed by atoms with Gasteiger partial charge in [-0.3, -0.25) is 0 Å². The summed E-state index contributed by atoms with van der Waals surface area (Å²) in [6.45, 7) is 7.47. The number of rotatable bonds is 13. The number of nitrogens with zero attached hydrogens (tertiary/aromatic N) is 2. The van der Waals surface area contributed by atoms with Crippen molar-refractivity contribution in [3.8, 4) is 0 Å². The minimum Gasteiger partial charge on any atom is -0.384 e. The molecule has 2 N–H and O–H groups in total. The van der Waals surface area contributed by atoms with E-state index in [0.717, 1.165) is 19.6 Å². The molecule has 0 radical (unpaired) electrons. The van der Waals surface area contributed by atoms with E-state index in [1.807, 2.05) is 6.07 Å². The molecule has 0 amide bonds. The monoisotopic (exact) mass is 383 g/mol. The Morgan fingerprint density at radius 1 is 1.00 bits per heavy atom. The molecule has 0 aliphatic heterocycles. The summed E-state index contributed by atoms with van der Waals surface area (Å²) in [5, 5.41) is 3.78. The molecule has 0 bridgehead atoms. The zero-order chi connectivity index (χ0) is 18.3. The van der Waals surface area contributed by atoms with E-state index < -0.39 is 5.97 Å². The predicted molar refractivity (Wildman–Crippen MR) is 111 cm³/mol. The van der Waals surface area contributed by atoms with Crippen LogP contribution in [0.3, 0.4) is 0 Å². The molecule has 148 valence electrons. The van der Waals surface area contributed by atoms with E-state index >= 15 is 0 Å². The molecule has 0 aromatic heterocycles. The van der Waals surface area contributed by atoms with Crippen LogP contribution >= 0.6 is 12.4 Å². The first-order valence-corrected chi connectivity index (χ1v) is 9.48. The maximum Gasteiger partial charge on any atom is 0.365 e. The Bertz CT molecular complexity index is 499. The predicted octanol–water partition coefficient (Wildman–Crippen LogP) is 4.61. The third-order valence-electron chi connectivity index (χ3n) is 4.10. The van der Waals surface area contributed by atoms with Crippen molar-refractivity contribution in [2.75, 3.05) is 19.6 Å². The molecule has 0 unspecified atom stereocenters. The molecular formula is C20H34ClN3O2. The van der Waals surface area contributed by atoms with Crippen LogP contribution in [0.15, 0.2) is 35.5 Å². The summed E-state index contributed by atoms with van der Waals surface area (Å²) < 4.78 is 0. The smallest absolute Gasteiger partial charge is 0.365 e. The van der Waals surface area contributed by atoms with Gasteiger partial charge < -0.3 is 15.5 Å². The summed E-state index contributed by atoms with van der Waals surface area (Å²) in [6, 6.07) is 8.80. The van der Waals surface area contributed by atoms with E-state index in [1.165, 1.54) is 38.5 Å². The van der Waals surface area contributed by atoms with E-state index in [0.29, 0.717) is 17.8 Å². The number of halogens is 1. The lowest BCUT2D eigenvalue weighted by Crippen LogP contribution is -2.30. The molecule has 0 atom stereocenters. The van der Waals surface area contributed by atoms with Crippen molar-refractivity contribution >= 4 is 24.2 Å². The van der Waals surface area contributed by atoms with E-state index in [2.05, 4.69) is 23.9 Å². The zero-order valence-corrected chi connectivity index (χ0v) is 17.0. The van der Waals surface area contributed by atoms with Crippen molar-refractivity contribution in [3.63, 3.8) is 0 Å². The number of hydrogen-bond donors (Lipinski definition) is 1. The normalized spacial score (nSPS) is 11.3. The molecule has 0 spiro atoms. The maximum absolute atomic E-state index is 11.8. The Hall–Kier alpha value is -1.59. The molecule has 0 saturated carbocycles. The molecule has 1 aromatic rings. The second kappa shape index (κ2) is 15.6. The topological polar surface area (TPSA) is 67.9 Å². The summed E-state index contributed by atoms with van der Waals surface area (Å²) >= 11 is 0. The molecule has 26 heavy (non-hydrogen) atoms. The number of hydrogen-bond acceptors (Lipinski definition) is 4. The Kier molecular flexibility index (Phi) is 14.7. The van der Waals surface area contributed by atoms with Gasteiger partial charge in [0.05, 0.1) is 5.56 Å². The first-order valence-electron chi connectivity index (χ1n) is 9.48. The molecule has 0 saturated heterocycles. The van der Waals surface area contributed by atoms with Crippen molar-refractivity contribution in [2.24, 2.45) is 10.9 Å². The standard InChI is InChI=1S/C20H33N3O2.ClH/c1-3-5-10-15-23(16-11-6-4-2)17-14-19(21)22-25-20(24)18-12-8-7-9-13-18;/h7-9,12-13H,3-6,10-11,14-17H2,1-2H3,(H2,21,22);1H. The van der Waals surface area contributed by atoms with Crippen LogP contribution < -0.4 is 5.73 Å². The van der Waals surface area contributed by atoms with Gasteiger partial charge in [-0.15, -0.1) is 12.4 Å². The van der Waals surface area contributed by atoms with Crippen LogP contribution in [-0.4, -0.2) is 36.3 Å². The highest BCUT2D eigenvalue weighted by Crippen LogP contribution is 2.05. The summed E-state index contributed by atoms with van der Waals surface area (Å²) in [7, 11) is 0. The fraction of sp³-hybridized carbons (Fsp3) is 0.600. The van der Waals surface area contributed by atoms with Crippen LogP contribution in [-0.2, 0) is 4.84 Å². The lowest BCUT2D eigenvalue weighted by molar-refractivity contribution is 0.0514. The zero-order valence-electron chi connectivity index (χ0n) is 16.2. The third kappa shape index (κ3) is 11.1. The molecule has 0 aliphatic rings. The molecule has 6 heteroatoms. The van der Waals surface area contributed by atoms with Crippen LogP contribution in [0.25, 0.3) is 0 Å². The Morgan fingerprint density at radius 3 is 2.12 bits per heavy atom. The largest absolute Gasteiger partial charge is 0.384 e. The molecule has 0 heterocycles. The van der Waals surface area contributed by atoms with Crippen LogP contribution in [0.2, 0.25) is 0 Å². The van der Waals surface area contributed by atoms with Gasteiger partial charge in [-0.2, -0.15) is 0 Å². The quantitative estimate of drug-likeness (QED) is 0.177. The van der Waals surface area contributed by atoms with Gasteiger partial charge in [0.15, 0.2) is 0 Å².